The van der Waals surface area contributed by atoms with Crippen LogP contribution in [0.1, 0.15) is 29.8 Å². The molecule has 2 aromatic rings. The lowest BCUT2D eigenvalue weighted by atomic mass is 10.1. The highest BCUT2D eigenvalue weighted by Gasteiger charge is 2.42. The van der Waals surface area contributed by atoms with Crippen molar-refractivity contribution in [2.24, 2.45) is 0 Å². The Morgan fingerprint density at radius 3 is 2.36 bits per heavy atom. The molecule has 0 saturated heterocycles. The van der Waals surface area contributed by atoms with Gasteiger partial charge in [-0.25, -0.2) is 9.71 Å². The molecule has 0 spiro atoms. The Hall–Kier alpha value is -2.51. The van der Waals surface area contributed by atoms with Crippen molar-refractivity contribution in [2.75, 3.05) is 5.32 Å². The Morgan fingerprint density at radius 2 is 1.86 bits per heavy atom. The second-order valence-electron chi connectivity index (χ2n) is 6.00. The van der Waals surface area contributed by atoms with E-state index in [4.69, 9.17) is 0 Å². The summed E-state index contributed by atoms with van der Waals surface area (Å²) in [7, 11) is -5.03. The van der Waals surface area contributed by atoms with Crippen LogP contribution in [0.2, 0.25) is 0 Å². The smallest absolute Gasteiger partial charge is 0.381 e. The summed E-state index contributed by atoms with van der Waals surface area (Å²) >= 11 is 1.09. The van der Waals surface area contributed by atoms with Gasteiger partial charge in [0, 0.05) is 11.6 Å². The molecule has 8 nitrogen and oxygen atoms in total. The number of hydrogen-bond donors (Lipinski definition) is 3. The molecule has 0 aromatic carbocycles. The van der Waals surface area contributed by atoms with Gasteiger partial charge < -0.3 is 10.4 Å². The van der Waals surface area contributed by atoms with Crippen LogP contribution in [0.15, 0.2) is 34.1 Å². The molecule has 152 valence electrons. The predicted molar refractivity (Wildman–Crippen MR) is 93.1 cm³/mol. The van der Waals surface area contributed by atoms with E-state index in [0.717, 1.165) is 37.4 Å². The molecule has 13 heteroatoms. The van der Waals surface area contributed by atoms with E-state index in [9.17, 15) is 36.3 Å². The van der Waals surface area contributed by atoms with Crippen LogP contribution in [0, 0.1) is 0 Å². The highest BCUT2D eigenvalue weighted by atomic mass is 32.2. The van der Waals surface area contributed by atoms with Crippen molar-refractivity contribution in [3.8, 4) is 0 Å². The van der Waals surface area contributed by atoms with E-state index in [1.807, 2.05) is 5.32 Å². The molecule has 2 heterocycles. The third kappa shape index (κ3) is 4.85. The fourth-order valence-corrected chi connectivity index (χ4v) is 3.71. The van der Waals surface area contributed by atoms with Crippen LogP contribution in [0.3, 0.4) is 0 Å². The molecule has 0 aliphatic carbocycles. The van der Waals surface area contributed by atoms with E-state index in [1.165, 1.54) is 21.5 Å². The van der Waals surface area contributed by atoms with E-state index in [1.54, 1.807) is 0 Å². The summed E-state index contributed by atoms with van der Waals surface area (Å²) in [6.45, 7) is 2.07. The summed E-state index contributed by atoms with van der Waals surface area (Å²) in [6.07, 6.45) is -4.52. The van der Waals surface area contributed by atoms with Gasteiger partial charge in [-0.2, -0.15) is 32.9 Å². The Morgan fingerprint density at radius 1 is 1.21 bits per heavy atom. The van der Waals surface area contributed by atoms with Gasteiger partial charge in [0.05, 0.1) is 11.3 Å². The number of thiophene rings is 1. The number of hydrogen-bond acceptors (Lipinski definition) is 7. The average molecular weight is 437 g/mol. The normalized spacial score (nSPS) is 12.5. The minimum atomic E-state index is -5.24. The molecular weight excluding hydrogens is 423 g/mol. The van der Waals surface area contributed by atoms with Crippen LogP contribution in [0.4, 0.5) is 18.9 Å². The van der Waals surface area contributed by atoms with Gasteiger partial charge in [-0.3, -0.25) is 9.59 Å². The summed E-state index contributed by atoms with van der Waals surface area (Å²) in [5.41, 5.74) is -4.80. The van der Waals surface area contributed by atoms with Gasteiger partial charge in [-0.1, -0.05) is 0 Å². The molecule has 0 aliphatic rings. The molecular formula is C15H14F3N3O5S2. The molecule has 2 aromatic heterocycles. The first-order valence-corrected chi connectivity index (χ1v) is 9.85. The van der Waals surface area contributed by atoms with Crippen molar-refractivity contribution in [2.45, 2.75) is 30.7 Å². The Labute approximate surface area is 161 Å². The topological polar surface area (TPSA) is 125 Å². The molecule has 2 amide bonds. The maximum atomic E-state index is 13.6. The average Bonchev–Trinajstić information content (AvgIpc) is 3.06. The number of anilines is 1. The number of alkyl halides is 3. The molecule has 28 heavy (non-hydrogen) atoms. The summed E-state index contributed by atoms with van der Waals surface area (Å²) in [5.74, 6) is -2.34. The molecule has 2 rings (SSSR count). The lowest BCUT2D eigenvalue weighted by molar-refractivity contribution is -0.139. The highest BCUT2D eigenvalue weighted by molar-refractivity contribution is 7.90. The Balaban J connectivity index is 2.53. The van der Waals surface area contributed by atoms with Crippen molar-refractivity contribution in [3.05, 3.63) is 40.2 Å². The van der Waals surface area contributed by atoms with E-state index in [-0.39, 0.29) is 5.56 Å². The third-order valence-electron chi connectivity index (χ3n) is 3.27. The monoisotopic (exact) mass is 437 g/mol. The van der Waals surface area contributed by atoms with Crippen molar-refractivity contribution >= 4 is 38.9 Å². The molecule has 0 atom stereocenters. The predicted octanol–water partition coefficient (Wildman–Crippen LogP) is 1.99. The minimum Gasteiger partial charge on any atom is -0.381 e. The largest absolute Gasteiger partial charge is 0.421 e. The first kappa shape index (κ1) is 21.8. The number of aromatic nitrogens is 1. The lowest BCUT2D eigenvalue weighted by Crippen LogP contribution is -2.38. The van der Waals surface area contributed by atoms with Gasteiger partial charge in [0.2, 0.25) is 0 Å². The molecule has 0 fully saturated rings. The second kappa shape index (κ2) is 7.48. The van der Waals surface area contributed by atoms with Crippen molar-refractivity contribution in [1.29, 1.82) is 0 Å². The third-order valence-corrected chi connectivity index (χ3v) is 5.22. The molecule has 0 bridgehead atoms. The number of carbonyl (C=O) groups excluding carboxylic acids is 2. The van der Waals surface area contributed by atoms with Gasteiger partial charge in [0.1, 0.15) is 11.2 Å². The number of sulfonamides is 1. The first-order valence-electron chi connectivity index (χ1n) is 7.43. The quantitative estimate of drug-likeness (QED) is 0.657. The number of amides is 2. The number of nitrogens with zero attached hydrogens (tertiary/aromatic N) is 1. The van der Waals surface area contributed by atoms with Crippen molar-refractivity contribution < 1.29 is 36.3 Å². The standard InChI is InChI=1S/C15H14F3N3O5S2/c1-14(2,24)13(23)20-9-3-5-19-12(10(9)15(16,17)18)28(25,26)21-11(22)8-4-6-27-7-8/h3-7,24H,1-2H3,(H,21,22)(H,19,20,23). The van der Waals surface area contributed by atoms with Crippen LogP contribution in [-0.2, 0) is 21.0 Å². The fraction of sp³-hybridized carbons (Fsp3) is 0.267. The number of rotatable bonds is 5. The molecule has 0 aliphatic heterocycles. The van der Waals surface area contributed by atoms with Crippen LogP contribution in [-0.4, -0.2) is 35.9 Å². The van der Waals surface area contributed by atoms with E-state index >= 15 is 0 Å². The summed E-state index contributed by atoms with van der Waals surface area (Å²) < 4.78 is 67.0. The van der Waals surface area contributed by atoms with E-state index in [0.29, 0.717) is 0 Å². The van der Waals surface area contributed by atoms with Crippen LogP contribution in [0.25, 0.3) is 0 Å². The van der Waals surface area contributed by atoms with Gasteiger partial charge in [0.25, 0.3) is 21.8 Å². The van der Waals surface area contributed by atoms with Gasteiger partial charge >= 0.3 is 6.18 Å². The van der Waals surface area contributed by atoms with Gasteiger partial charge in [-0.05, 0) is 31.4 Å². The maximum Gasteiger partial charge on any atom is 0.421 e. The van der Waals surface area contributed by atoms with Crippen LogP contribution in [0.5, 0.6) is 0 Å². The summed E-state index contributed by atoms with van der Waals surface area (Å²) in [4.78, 5) is 27.0. The second-order valence-corrected chi connectivity index (χ2v) is 8.37. The number of nitrogens with one attached hydrogen (secondary N) is 2. The fourth-order valence-electron chi connectivity index (χ4n) is 1.92. The van der Waals surface area contributed by atoms with Crippen molar-refractivity contribution in [3.63, 3.8) is 0 Å². The zero-order valence-electron chi connectivity index (χ0n) is 14.4. The Kier molecular flexibility index (Phi) is 5.82. The van der Waals surface area contributed by atoms with E-state index < -0.39 is 49.9 Å². The SMILES string of the molecule is CC(C)(O)C(=O)Nc1ccnc(S(=O)(=O)NC(=O)c2ccsc2)c1C(F)(F)F. The highest BCUT2D eigenvalue weighted by Crippen LogP contribution is 2.38. The Bertz CT molecular complexity index is 997. The minimum absolute atomic E-state index is 0.0615. The zero-order valence-corrected chi connectivity index (χ0v) is 16.0. The van der Waals surface area contributed by atoms with Crippen LogP contribution >= 0.6 is 11.3 Å². The summed E-state index contributed by atoms with van der Waals surface area (Å²) in [5, 5.41) is 12.7. The van der Waals surface area contributed by atoms with Gasteiger partial charge in [0.15, 0.2) is 5.03 Å². The number of pyridine rings is 1. The summed E-state index contributed by atoms with van der Waals surface area (Å²) in [6, 6.07) is 2.01. The maximum absolute atomic E-state index is 13.6. The van der Waals surface area contributed by atoms with Gasteiger partial charge in [-0.15, -0.1) is 0 Å². The molecule has 0 unspecified atom stereocenters. The van der Waals surface area contributed by atoms with Crippen molar-refractivity contribution in [1.82, 2.24) is 9.71 Å². The zero-order chi connectivity index (χ0) is 21.3. The number of carbonyl (C=O) groups is 2. The lowest BCUT2D eigenvalue weighted by Gasteiger charge is -2.20. The number of halogens is 3. The first-order chi connectivity index (χ1) is 12.7. The molecule has 0 saturated carbocycles. The number of aliphatic hydroxyl groups is 1. The van der Waals surface area contributed by atoms with E-state index in [2.05, 4.69) is 4.98 Å². The van der Waals surface area contributed by atoms with Crippen LogP contribution < -0.4 is 10.0 Å². The molecule has 0 radical (unpaired) electrons. The molecule has 3 N–H and O–H groups in total.